The van der Waals surface area contributed by atoms with Gasteiger partial charge in [-0.3, -0.25) is 0 Å². The molecule has 1 heterocycles. The second-order valence-electron chi connectivity index (χ2n) is 4.56. The van der Waals surface area contributed by atoms with Gasteiger partial charge in [0.1, 0.15) is 0 Å². The summed E-state index contributed by atoms with van der Waals surface area (Å²) in [5, 5.41) is 5.54. The number of thiophene rings is 1. The van der Waals surface area contributed by atoms with E-state index in [1.165, 1.54) is 21.6 Å². The number of aryl methyl sites for hydroxylation is 2. The highest BCUT2D eigenvalue weighted by atomic mass is 32.1. The molecule has 0 aliphatic rings. The van der Waals surface area contributed by atoms with Crippen molar-refractivity contribution in [3.8, 4) is 0 Å². The van der Waals surface area contributed by atoms with E-state index in [0.717, 1.165) is 6.42 Å². The molecule has 0 radical (unpaired) electrons. The van der Waals surface area contributed by atoms with Gasteiger partial charge in [0.15, 0.2) is 0 Å². The van der Waals surface area contributed by atoms with Crippen LogP contribution in [0.25, 0.3) is 0 Å². The molecule has 0 bridgehead atoms. The fourth-order valence-electron chi connectivity index (χ4n) is 2.26. The van der Waals surface area contributed by atoms with Gasteiger partial charge >= 0.3 is 0 Å². The summed E-state index contributed by atoms with van der Waals surface area (Å²) in [5.41, 5.74) is 4.11. The normalized spacial score (nSPS) is 12.6. The first-order valence-electron chi connectivity index (χ1n) is 5.97. The van der Waals surface area contributed by atoms with Crippen LogP contribution in [-0.2, 0) is 6.42 Å². The van der Waals surface area contributed by atoms with E-state index in [1.54, 1.807) is 0 Å². The van der Waals surface area contributed by atoms with Gasteiger partial charge in [-0.2, -0.15) is 0 Å². The average molecular weight is 245 g/mol. The largest absolute Gasteiger partial charge is 0.312 e. The summed E-state index contributed by atoms with van der Waals surface area (Å²) in [7, 11) is 2.03. The Morgan fingerprint density at radius 1 is 1.18 bits per heavy atom. The van der Waals surface area contributed by atoms with Gasteiger partial charge in [0.2, 0.25) is 0 Å². The zero-order valence-electron chi connectivity index (χ0n) is 10.7. The van der Waals surface area contributed by atoms with E-state index >= 15 is 0 Å². The molecule has 90 valence electrons. The van der Waals surface area contributed by atoms with Crippen LogP contribution in [0.1, 0.15) is 27.6 Å². The summed E-state index contributed by atoms with van der Waals surface area (Å²) in [6.45, 7) is 4.33. The quantitative estimate of drug-likeness (QED) is 0.862. The minimum atomic E-state index is 0.427. The van der Waals surface area contributed by atoms with Gasteiger partial charge in [-0.1, -0.05) is 35.4 Å². The van der Waals surface area contributed by atoms with E-state index in [0.29, 0.717) is 6.04 Å². The third-order valence-electron chi connectivity index (χ3n) is 2.96. The lowest BCUT2D eigenvalue weighted by Crippen LogP contribution is -2.17. The SMILES string of the molecule is CNC(Cc1cc(C)cc(C)c1)c1cccs1. The van der Waals surface area contributed by atoms with Crippen molar-refractivity contribution in [3.05, 3.63) is 57.3 Å². The van der Waals surface area contributed by atoms with Crippen LogP contribution in [0, 0.1) is 13.8 Å². The Bertz CT molecular complexity index is 453. The zero-order chi connectivity index (χ0) is 12.3. The van der Waals surface area contributed by atoms with Crippen molar-refractivity contribution >= 4 is 11.3 Å². The molecule has 0 amide bonds. The number of rotatable bonds is 4. The fraction of sp³-hybridized carbons (Fsp3) is 0.333. The van der Waals surface area contributed by atoms with E-state index in [1.807, 2.05) is 18.4 Å². The minimum Gasteiger partial charge on any atom is -0.312 e. The summed E-state index contributed by atoms with van der Waals surface area (Å²) in [6.07, 6.45) is 1.06. The summed E-state index contributed by atoms with van der Waals surface area (Å²) >= 11 is 1.82. The first-order valence-corrected chi connectivity index (χ1v) is 6.85. The number of nitrogens with one attached hydrogen (secondary N) is 1. The molecule has 0 saturated carbocycles. The molecule has 0 saturated heterocycles. The summed E-state index contributed by atoms with van der Waals surface area (Å²) in [6, 6.07) is 11.5. The van der Waals surface area contributed by atoms with Crippen molar-refractivity contribution in [2.75, 3.05) is 7.05 Å². The van der Waals surface area contributed by atoms with Gasteiger partial charge in [-0.15, -0.1) is 11.3 Å². The molecule has 1 aromatic heterocycles. The molecule has 0 aliphatic carbocycles. The van der Waals surface area contributed by atoms with Gasteiger partial charge < -0.3 is 5.32 Å². The van der Waals surface area contributed by atoms with Gasteiger partial charge in [-0.25, -0.2) is 0 Å². The Morgan fingerprint density at radius 2 is 1.88 bits per heavy atom. The standard InChI is InChI=1S/C15H19NS/c1-11-7-12(2)9-13(8-11)10-14(16-3)15-5-4-6-17-15/h4-9,14,16H,10H2,1-3H3. The van der Waals surface area contributed by atoms with Gasteiger partial charge in [0.25, 0.3) is 0 Å². The third-order valence-corrected chi connectivity index (χ3v) is 3.94. The molecular formula is C15H19NS. The molecule has 1 unspecified atom stereocenters. The molecule has 1 atom stereocenters. The van der Waals surface area contributed by atoms with Crippen molar-refractivity contribution in [2.45, 2.75) is 26.3 Å². The highest BCUT2D eigenvalue weighted by Gasteiger charge is 2.11. The van der Waals surface area contributed by atoms with Crippen LogP contribution in [0.3, 0.4) is 0 Å². The Morgan fingerprint density at radius 3 is 2.41 bits per heavy atom. The molecule has 1 aromatic carbocycles. The molecule has 2 aromatic rings. The van der Waals surface area contributed by atoms with E-state index < -0.39 is 0 Å². The monoisotopic (exact) mass is 245 g/mol. The average Bonchev–Trinajstić information content (AvgIpc) is 2.77. The first kappa shape index (κ1) is 12.3. The number of hydrogen-bond acceptors (Lipinski definition) is 2. The van der Waals surface area contributed by atoms with Gasteiger partial charge in [0, 0.05) is 10.9 Å². The molecule has 2 rings (SSSR count). The molecule has 0 spiro atoms. The molecule has 17 heavy (non-hydrogen) atoms. The van der Waals surface area contributed by atoms with Crippen molar-refractivity contribution in [2.24, 2.45) is 0 Å². The Balaban J connectivity index is 2.18. The van der Waals surface area contributed by atoms with Crippen molar-refractivity contribution in [1.29, 1.82) is 0 Å². The Kier molecular flexibility index (Phi) is 3.97. The summed E-state index contributed by atoms with van der Waals surface area (Å²) < 4.78 is 0. The lowest BCUT2D eigenvalue weighted by molar-refractivity contribution is 0.602. The van der Waals surface area contributed by atoms with E-state index in [9.17, 15) is 0 Å². The predicted octanol–water partition coefficient (Wildman–Crippen LogP) is 3.87. The second-order valence-corrected chi connectivity index (χ2v) is 5.54. The predicted molar refractivity (Wildman–Crippen MR) is 75.7 cm³/mol. The molecule has 0 fully saturated rings. The van der Waals surface area contributed by atoms with Gasteiger partial charge in [-0.05, 0) is 44.3 Å². The van der Waals surface area contributed by atoms with Crippen molar-refractivity contribution in [3.63, 3.8) is 0 Å². The van der Waals surface area contributed by atoms with Crippen molar-refractivity contribution in [1.82, 2.24) is 5.32 Å². The lowest BCUT2D eigenvalue weighted by atomic mass is 10.0. The topological polar surface area (TPSA) is 12.0 Å². The maximum Gasteiger partial charge on any atom is 0.0453 e. The minimum absolute atomic E-state index is 0.427. The molecular weight excluding hydrogens is 226 g/mol. The van der Waals surface area contributed by atoms with Crippen LogP contribution >= 0.6 is 11.3 Å². The molecule has 2 heteroatoms. The molecule has 1 nitrogen and oxygen atoms in total. The zero-order valence-corrected chi connectivity index (χ0v) is 11.5. The second kappa shape index (κ2) is 5.48. The maximum absolute atomic E-state index is 3.40. The summed E-state index contributed by atoms with van der Waals surface area (Å²) in [4.78, 5) is 1.41. The lowest BCUT2D eigenvalue weighted by Gasteiger charge is -2.15. The van der Waals surface area contributed by atoms with E-state index in [-0.39, 0.29) is 0 Å². The number of hydrogen-bond donors (Lipinski definition) is 1. The van der Waals surface area contributed by atoms with Crippen LogP contribution in [0.15, 0.2) is 35.7 Å². The van der Waals surface area contributed by atoms with Crippen LogP contribution < -0.4 is 5.32 Å². The Hall–Kier alpha value is -1.12. The van der Waals surface area contributed by atoms with E-state index in [4.69, 9.17) is 0 Å². The number of benzene rings is 1. The van der Waals surface area contributed by atoms with Crippen LogP contribution in [-0.4, -0.2) is 7.05 Å². The smallest absolute Gasteiger partial charge is 0.0453 e. The van der Waals surface area contributed by atoms with Crippen LogP contribution in [0.4, 0.5) is 0 Å². The highest BCUT2D eigenvalue weighted by molar-refractivity contribution is 7.10. The van der Waals surface area contributed by atoms with E-state index in [2.05, 4.69) is 54.9 Å². The van der Waals surface area contributed by atoms with Crippen LogP contribution in [0.5, 0.6) is 0 Å². The number of likely N-dealkylation sites (N-methyl/N-ethyl adjacent to an activating group) is 1. The summed E-state index contributed by atoms with van der Waals surface area (Å²) in [5.74, 6) is 0. The first-order chi connectivity index (χ1) is 8.19. The highest BCUT2D eigenvalue weighted by Crippen LogP contribution is 2.23. The maximum atomic E-state index is 3.40. The van der Waals surface area contributed by atoms with Crippen LogP contribution in [0.2, 0.25) is 0 Å². The van der Waals surface area contributed by atoms with Gasteiger partial charge in [0.05, 0.1) is 0 Å². The fourth-order valence-corrected chi connectivity index (χ4v) is 3.09. The Labute approximate surface area is 108 Å². The molecule has 1 N–H and O–H groups in total. The third kappa shape index (κ3) is 3.18. The molecule has 0 aliphatic heterocycles. The van der Waals surface area contributed by atoms with Crippen molar-refractivity contribution < 1.29 is 0 Å².